The monoisotopic (exact) mass is 459 g/mol. The van der Waals surface area contributed by atoms with Crippen molar-refractivity contribution in [3.05, 3.63) is 71.2 Å². The summed E-state index contributed by atoms with van der Waals surface area (Å²) in [5.41, 5.74) is 7.93. The zero-order valence-electron chi connectivity index (χ0n) is 19.0. The lowest BCUT2D eigenvalue weighted by Crippen LogP contribution is -2.34. The maximum Gasteiger partial charge on any atom is 0.273 e. The van der Waals surface area contributed by atoms with Crippen LogP contribution >= 0.6 is 0 Å². The minimum absolute atomic E-state index is 0.209. The van der Waals surface area contributed by atoms with Gasteiger partial charge < -0.3 is 20.9 Å². The lowest BCUT2D eigenvalue weighted by atomic mass is 9.80. The van der Waals surface area contributed by atoms with Crippen LogP contribution in [0, 0.1) is 5.92 Å². The van der Waals surface area contributed by atoms with E-state index in [0.717, 1.165) is 49.8 Å². The molecule has 34 heavy (non-hydrogen) atoms. The summed E-state index contributed by atoms with van der Waals surface area (Å²) in [4.78, 5) is 30.0. The van der Waals surface area contributed by atoms with Crippen LogP contribution in [-0.4, -0.2) is 22.0 Å². The van der Waals surface area contributed by atoms with E-state index >= 15 is 0 Å². The van der Waals surface area contributed by atoms with Crippen LogP contribution < -0.4 is 16.4 Å². The quantitative estimate of drug-likeness (QED) is 0.465. The van der Waals surface area contributed by atoms with Crippen LogP contribution in [0.1, 0.15) is 89.1 Å². The van der Waals surface area contributed by atoms with E-state index in [-0.39, 0.29) is 17.9 Å². The lowest BCUT2D eigenvalue weighted by Gasteiger charge is -2.31. The Hall–Kier alpha value is -3.68. The summed E-state index contributed by atoms with van der Waals surface area (Å²) in [5.74, 6) is 1.39. The number of carbonyl (C=O) groups excluding carboxylic acids is 2. The van der Waals surface area contributed by atoms with Crippen molar-refractivity contribution in [1.82, 2.24) is 15.5 Å². The van der Waals surface area contributed by atoms with Crippen LogP contribution in [-0.2, 0) is 0 Å². The van der Waals surface area contributed by atoms with E-state index in [2.05, 4.69) is 20.8 Å². The minimum Gasteiger partial charge on any atom is -0.384 e. The number of nitrogens with one attached hydrogen (secondary N) is 2. The molecule has 8 heteroatoms. The standard InChI is InChI=1S/C26H29N5O3/c27-23-12-11-20(15-28-23)29-25(32)19-8-4-7-18(13-19)24(17-5-2-1-3-6-17)30-26(33)21-14-22(34-31-21)16-9-10-16/h4,7-8,11-17,24H,1-3,5-6,9-10H2,(H2,27,28)(H,29,32)(H,30,33). The highest BCUT2D eigenvalue weighted by Crippen LogP contribution is 2.40. The molecule has 176 valence electrons. The number of nitrogen functional groups attached to an aromatic ring is 1. The second-order valence-corrected chi connectivity index (χ2v) is 9.29. The Morgan fingerprint density at radius 3 is 2.56 bits per heavy atom. The highest BCUT2D eigenvalue weighted by molar-refractivity contribution is 6.04. The smallest absolute Gasteiger partial charge is 0.273 e. The first-order valence-corrected chi connectivity index (χ1v) is 12.0. The van der Waals surface area contributed by atoms with Crippen molar-refractivity contribution in [2.75, 3.05) is 11.1 Å². The zero-order valence-corrected chi connectivity index (χ0v) is 19.0. The molecule has 1 aromatic carbocycles. The van der Waals surface area contributed by atoms with Crippen LogP contribution in [0.2, 0.25) is 0 Å². The molecule has 2 heterocycles. The van der Waals surface area contributed by atoms with E-state index in [9.17, 15) is 9.59 Å². The van der Waals surface area contributed by atoms with Crippen molar-refractivity contribution in [1.29, 1.82) is 0 Å². The number of hydrogen-bond acceptors (Lipinski definition) is 6. The third kappa shape index (κ3) is 5.11. The van der Waals surface area contributed by atoms with Crippen molar-refractivity contribution in [3.8, 4) is 0 Å². The molecular formula is C26H29N5O3. The fraction of sp³-hybridized carbons (Fsp3) is 0.385. The molecule has 4 N–H and O–H groups in total. The number of anilines is 2. The van der Waals surface area contributed by atoms with Gasteiger partial charge in [-0.15, -0.1) is 0 Å². The van der Waals surface area contributed by atoms with Crippen LogP contribution in [0.4, 0.5) is 11.5 Å². The number of amides is 2. The third-order valence-electron chi connectivity index (χ3n) is 6.70. The SMILES string of the molecule is Nc1ccc(NC(=O)c2cccc(C(NC(=O)c3cc(C4CC4)on3)C3CCCCC3)c2)cn1. The van der Waals surface area contributed by atoms with Crippen LogP contribution in [0.3, 0.4) is 0 Å². The van der Waals surface area contributed by atoms with Crippen LogP contribution in [0.15, 0.2) is 53.2 Å². The van der Waals surface area contributed by atoms with Gasteiger partial charge in [0.05, 0.1) is 17.9 Å². The van der Waals surface area contributed by atoms with E-state index in [1.807, 2.05) is 18.2 Å². The van der Waals surface area contributed by atoms with Crippen molar-refractivity contribution >= 4 is 23.3 Å². The van der Waals surface area contributed by atoms with E-state index in [4.69, 9.17) is 10.3 Å². The van der Waals surface area contributed by atoms with Crippen LogP contribution in [0.25, 0.3) is 0 Å². The van der Waals surface area contributed by atoms with E-state index in [1.165, 1.54) is 12.6 Å². The topological polar surface area (TPSA) is 123 Å². The molecule has 2 fully saturated rings. The molecule has 2 aromatic heterocycles. The normalized spacial score (nSPS) is 17.2. The van der Waals surface area contributed by atoms with Gasteiger partial charge in [-0.25, -0.2) is 4.98 Å². The summed E-state index contributed by atoms with van der Waals surface area (Å²) in [6.07, 6.45) is 9.24. The van der Waals surface area contributed by atoms with Gasteiger partial charge in [0, 0.05) is 17.5 Å². The van der Waals surface area contributed by atoms with Gasteiger partial charge in [-0.2, -0.15) is 0 Å². The zero-order chi connectivity index (χ0) is 23.5. The Bertz CT molecular complexity index is 1160. The molecular weight excluding hydrogens is 430 g/mol. The van der Waals surface area contributed by atoms with Crippen LogP contribution in [0.5, 0.6) is 0 Å². The predicted molar refractivity (Wildman–Crippen MR) is 128 cm³/mol. The predicted octanol–water partition coefficient (Wildman–Crippen LogP) is 4.83. The summed E-state index contributed by atoms with van der Waals surface area (Å²) < 4.78 is 5.38. The van der Waals surface area contributed by atoms with E-state index in [1.54, 1.807) is 24.3 Å². The van der Waals surface area contributed by atoms with Gasteiger partial charge in [-0.05, 0) is 61.4 Å². The molecule has 2 amide bonds. The van der Waals surface area contributed by atoms with Crippen molar-refractivity contribution < 1.29 is 14.1 Å². The number of benzene rings is 1. The average Bonchev–Trinajstić information content (AvgIpc) is 3.60. The van der Waals surface area contributed by atoms with Gasteiger partial charge in [0.1, 0.15) is 11.6 Å². The number of aromatic nitrogens is 2. The number of pyridine rings is 1. The first kappa shape index (κ1) is 22.1. The number of hydrogen-bond donors (Lipinski definition) is 3. The van der Waals surface area contributed by atoms with Crippen molar-refractivity contribution in [3.63, 3.8) is 0 Å². The molecule has 1 unspecified atom stereocenters. The molecule has 0 aliphatic heterocycles. The molecule has 2 saturated carbocycles. The molecule has 0 bridgehead atoms. The van der Waals surface area contributed by atoms with Gasteiger partial charge in [0.15, 0.2) is 5.69 Å². The minimum atomic E-state index is -0.243. The van der Waals surface area contributed by atoms with Crippen molar-refractivity contribution in [2.45, 2.75) is 56.9 Å². The van der Waals surface area contributed by atoms with Gasteiger partial charge in [0.25, 0.3) is 11.8 Å². The fourth-order valence-corrected chi connectivity index (χ4v) is 4.67. The molecule has 2 aliphatic carbocycles. The van der Waals surface area contributed by atoms with Gasteiger partial charge in [-0.3, -0.25) is 9.59 Å². The second-order valence-electron chi connectivity index (χ2n) is 9.29. The lowest BCUT2D eigenvalue weighted by molar-refractivity contribution is 0.0903. The molecule has 3 aromatic rings. The highest BCUT2D eigenvalue weighted by Gasteiger charge is 2.31. The highest BCUT2D eigenvalue weighted by atomic mass is 16.5. The second kappa shape index (κ2) is 9.67. The Morgan fingerprint density at radius 2 is 1.82 bits per heavy atom. The summed E-state index contributed by atoms with van der Waals surface area (Å²) in [7, 11) is 0. The number of carbonyl (C=O) groups is 2. The largest absolute Gasteiger partial charge is 0.384 e. The molecule has 0 spiro atoms. The third-order valence-corrected chi connectivity index (χ3v) is 6.70. The summed E-state index contributed by atoms with van der Waals surface area (Å²) in [6.45, 7) is 0. The number of nitrogens with two attached hydrogens (primary N) is 1. The average molecular weight is 460 g/mol. The van der Waals surface area contributed by atoms with E-state index < -0.39 is 0 Å². The van der Waals surface area contributed by atoms with Gasteiger partial charge in [0.2, 0.25) is 0 Å². The fourth-order valence-electron chi connectivity index (χ4n) is 4.67. The Balaban J connectivity index is 1.36. The molecule has 5 rings (SSSR count). The maximum atomic E-state index is 13.1. The Morgan fingerprint density at radius 1 is 1.00 bits per heavy atom. The molecule has 2 aliphatic rings. The van der Waals surface area contributed by atoms with Gasteiger partial charge in [-0.1, -0.05) is 36.6 Å². The van der Waals surface area contributed by atoms with Crippen molar-refractivity contribution in [2.24, 2.45) is 5.92 Å². The van der Waals surface area contributed by atoms with E-state index in [0.29, 0.717) is 34.6 Å². The summed E-state index contributed by atoms with van der Waals surface area (Å²) in [6, 6.07) is 12.4. The number of rotatable bonds is 7. The molecule has 1 atom stereocenters. The molecule has 0 saturated heterocycles. The maximum absolute atomic E-state index is 13.1. The first-order valence-electron chi connectivity index (χ1n) is 12.0. The Kier molecular flexibility index (Phi) is 6.29. The summed E-state index contributed by atoms with van der Waals surface area (Å²) >= 11 is 0. The molecule has 0 radical (unpaired) electrons. The molecule has 8 nitrogen and oxygen atoms in total. The first-order chi connectivity index (χ1) is 16.6. The Labute approximate surface area is 198 Å². The van der Waals surface area contributed by atoms with Gasteiger partial charge >= 0.3 is 0 Å². The summed E-state index contributed by atoms with van der Waals surface area (Å²) in [5, 5.41) is 10.0. The number of nitrogens with zero attached hydrogens (tertiary/aromatic N) is 2.